The maximum atomic E-state index is 12.4. The molecule has 0 bridgehead atoms. The zero-order valence-corrected chi connectivity index (χ0v) is 14.8. The number of hydrogen-bond donors (Lipinski definition) is 3. The molecule has 6 heteroatoms. The van der Waals surface area contributed by atoms with Crippen molar-refractivity contribution in [2.45, 2.75) is 25.3 Å². The molecule has 2 amide bonds. The number of nitrogens with one attached hydrogen (secondary N) is 1. The molecule has 3 N–H and O–H groups in total. The molecular formula is C20H24N2O4. The number of nitrogens with zero attached hydrogens (tertiary/aromatic N) is 1. The van der Waals surface area contributed by atoms with Crippen LogP contribution in [0.1, 0.15) is 29.9 Å². The Bertz CT molecular complexity index is 753. The van der Waals surface area contributed by atoms with E-state index in [-0.39, 0.29) is 23.4 Å². The largest absolute Gasteiger partial charge is 0.508 e. The summed E-state index contributed by atoms with van der Waals surface area (Å²) in [7, 11) is 1.62. The van der Waals surface area contributed by atoms with Crippen molar-refractivity contribution < 1.29 is 19.7 Å². The van der Waals surface area contributed by atoms with E-state index in [9.17, 15) is 15.0 Å². The molecule has 2 aromatic rings. The summed E-state index contributed by atoms with van der Waals surface area (Å²) in [5.41, 5.74) is 1.85. The van der Waals surface area contributed by atoms with Gasteiger partial charge in [-0.3, -0.25) is 0 Å². The molecule has 0 radical (unpaired) electrons. The van der Waals surface area contributed by atoms with Crippen LogP contribution in [0.25, 0.3) is 0 Å². The Kier molecular flexibility index (Phi) is 5.51. The number of rotatable bonds is 4. The van der Waals surface area contributed by atoms with Crippen LogP contribution < -0.4 is 10.1 Å². The number of phenolic OH excluding ortho intramolecular Hbond substituents is 2. The van der Waals surface area contributed by atoms with Crippen LogP contribution in [0.5, 0.6) is 17.2 Å². The number of piperidine rings is 1. The SMILES string of the molecule is COc1ccc(CNC(=O)N2CCC(c3ccc(O)cc3O)CC2)cc1. The van der Waals surface area contributed by atoms with Gasteiger partial charge in [-0.15, -0.1) is 0 Å². The second kappa shape index (κ2) is 7.99. The highest BCUT2D eigenvalue weighted by Crippen LogP contribution is 2.35. The number of likely N-dealkylation sites (tertiary alicyclic amines) is 1. The van der Waals surface area contributed by atoms with Gasteiger partial charge in [-0.1, -0.05) is 18.2 Å². The standard InChI is InChI=1S/C20H24N2O4/c1-26-17-5-2-14(3-6-17)13-21-20(25)22-10-8-15(9-11-22)18-7-4-16(23)12-19(18)24/h2-7,12,15,23-24H,8-11,13H2,1H3,(H,21,25). The lowest BCUT2D eigenvalue weighted by atomic mass is 9.89. The molecule has 0 unspecified atom stereocenters. The van der Waals surface area contributed by atoms with Crippen LogP contribution in [0, 0.1) is 0 Å². The molecule has 3 rings (SSSR count). The minimum Gasteiger partial charge on any atom is -0.508 e. The predicted octanol–water partition coefficient (Wildman–Crippen LogP) is 3.20. The van der Waals surface area contributed by atoms with Gasteiger partial charge in [0.05, 0.1) is 7.11 Å². The number of benzene rings is 2. The molecule has 1 fully saturated rings. The third kappa shape index (κ3) is 4.20. The first-order valence-electron chi connectivity index (χ1n) is 8.74. The van der Waals surface area contributed by atoms with Crippen LogP contribution >= 0.6 is 0 Å². The first kappa shape index (κ1) is 17.9. The lowest BCUT2D eigenvalue weighted by Crippen LogP contribution is -2.43. The molecule has 138 valence electrons. The third-order valence-electron chi connectivity index (χ3n) is 4.84. The van der Waals surface area contributed by atoms with Gasteiger partial charge in [0.15, 0.2) is 0 Å². The summed E-state index contributed by atoms with van der Waals surface area (Å²) in [4.78, 5) is 14.2. The van der Waals surface area contributed by atoms with Gasteiger partial charge in [-0.25, -0.2) is 4.79 Å². The number of amides is 2. The molecule has 6 nitrogen and oxygen atoms in total. The van der Waals surface area contributed by atoms with Crippen molar-refractivity contribution in [1.82, 2.24) is 10.2 Å². The van der Waals surface area contributed by atoms with Crippen molar-refractivity contribution in [3.8, 4) is 17.2 Å². The highest BCUT2D eigenvalue weighted by atomic mass is 16.5. The first-order chi connectivity index (χ1) is 12.6. The van der Waals surface area contributed by atoms with Gasteiger partial charge in [0, 0.05) is 25.7 Å². The molecule has 0 aliphatic carbocycles. The Morgan fingerprint density at radius 3 is 2.46 bits per heavy atom. The molecule has 1 heterocycles. The number of carbonyl (C=O) groups is 1. The molecule has 0 spiro atoms. The smallest absolute Gasteiger partial charge is 0.317 e. The van der Waals surface area contributed by atoms with Gasteiger partial charge >= 0.3 is 6.03 Å². The minimum atomic E-state index is -0.0748. The van der Waals surface area contributed by atoms with Gasteiger partial charge in [0.25, 0.3) is 0 Å². The second-order valence-corrected chi connectivity index (χ2v) is 6.51. The monoisotopic (exact) mass is 356 g/mol. The highest BCUT2D eigenvalue weighted by Gasteiger charge is 2.25. The molecule has 1 aliphatic heterocycles. The minimum absolute atomic E-state index is 0.0570. The van der Waals surface area contributed by atoms with E-state index in [1.54, 1.807) is 24.1 Å². The summed E-state index contributed by atoms with van der Waals surface area (Å²) in [5, 5.41) is 22.4. The highest BCUT2D eigenvalue weighted by molar-refractivity contribution is 5.74. The summed E-state index contributed by atoms with van der Waals surface area (Å²) < 4.78 is 5.12. The van der Waals surface area contributed by atoms with E-state index in [1.165, 1.54) is 6.07 Å². The molecule has 26 heavy (non-hydrogen) atoms. The molecule has 2 aromatic carbocycles. The van der Waals surface area contributed by atoms with Crippen LogP contribution in [0.4, 0.5) is 4.79 Å². The molecule has 0 aromatic heterocycles. The lowest BCUT2D eigenvalue weighted by Gasteiger charge is -2.32. The second-order valence-electron chi connectivity index (χ2n) is 6.51. The number of aromatic hydroxyl groups is 2. The van der Waals surface area contributed by atoms with Gasteiger partial charge in [0.1, 0.15) is 17.2 Å². The summed E-state index contributed by atoms with van der Waals surface area (Å²) >= 11 is 0. The van der Waals surface area contributed by atoms with E-state index in [1.807, 2.05) is 24.3 Å². The average molecular weight is 356 g/mol. The van der Waals surface area contributed by atoms with E-state index < -0.39 is 0 Å². The average Bonchev–Trinajstić information content (AvgIpc) is 2.67. The fourth-order valence-electron chi connectivity index (χ4n) is 3.30. The quantitative estimate of drug-likeness (QED) is 0.786. The Morgan fingerprint density at radius 1 is 1.15 bits per heavy atom. The molecule has 1 aliphatic rings. The Balaban J connectivity index is 1.50. The van der Waals surface area contributed by atoms with Crippen LogP contribution in [0.15, 0.2) is 42.5 Å². The first-order valence-corrected chi connectivity index (χ1v) is 8.74. The van der Waals surface area contributed by atoms with E-state index in [2.05, 4.69) is 5.32 Å². The molecular weight excluding hydrogens is 332 g/mol. The topological polar surface area (TPSA) is 82.0 Å². The number of hydrogen-bond acceptors (Lipinski definition) is 4. The number of ether oxygens (including phenoxy) is 1. The van der Waals surface area contributed by atoms with Crippen LogP contribution in [0.2, 0.25) is 0 Å². The van der Waals surface area contributed by atoms with E-state index in [0.717, 1.165) is 29.7 Å². The fraction of sp³-hybridized carbons (Fsp3) is 0.350. The maximum absolute atomic E-state index is 12.4. The number of urea groups is 1. The normalized spacial score (nSPS) is 14.9. The van der Waals surface area contributed by atoms with Crippen molar-refractivity contribution in [2.75, 3.05) is 20.2 Å². The van der Waals surface area contributed by atoms with Crippen LogP contribution in [-0.2, 0) is 6.54 Å². The van der Waals surface area contributed by atoms with E-state index >= 15 is 0 Å². The van der Waals surface area contributed by atoms with Crippen molar-refractivity contribution in [3.63, 3.8) is 0 Å². The summed E-state index contributed by atoms with van der Waals surface area (Å²) in [6.45, 7) is 1.75. The van der Waals surface area contributed by atoms with Gasteiger partial charge in [0.2, 0.25) is 0 Å². The Morgan fingerprint density at radius 2 is 1.85 bits per heavy atom. The number of phenols is 2. The van der Waals surface area contributed by atoms with Crippen molar-refractivity contribution in [2.24, 2.45) is 0 Å². The van der Waals surface area contributed by atoms with Crippen LogP contribution in [0.3, 0.4) is 0 Å². The summed E-state index contributed by atoms with van der Waals surface area (Å²) in [5.74, 6) is 1.16. The fourth-order valence-corrected chi connectivity index (χ4v) is 3.30. The predicted molar refractivity (Wildman–Crippen MR) is 98.5 cm³/mol. The van der Waals surface area contributed by atoms with Gasteiger partial charge < -0.3 is 25.2 Å². The van der Waals surface area contributed by atoms with Crippen molar-refractivity contribution >= 4 is 6.03 Å². The molecule has 0 atom stereocenters. The Hall–Kier alpha value is -2.89. The summed E-state index contributed by atoms with van der Waals surface area (Å²) in [6.07, 6.45) is 1.57. The van der Waals surface area contributed by atoms with Crippen molar-refractivity contribution in [3.05, 3.63) is 53.6 Å². The van der Waals surface area contributed by atoms with Gasteiger partial charge in [-0.2, -0.15) is 0 Å². The zero-order chi connectivity index (χ0) is 18.5. The maximum Gasteiger partial charge on any atom is 0.317 e. The molecule has 1 saturated heterocycles. The van der Waals surface area contributed by atoms with Crippen LogP contribution in [-0.4, -0.2) is 41.3 Å². The van der Waals surface area contributed by atoms with E-state index in [4.69, 9.17) is 4.74 Å². The van der Waals surface area contributed by atoms with E-state index in [0.29, 0.717) is 19.6 Å². The zero-order valence-electron chi connectivity index (χ0n) is 14.8. The number of methoxy groups -OCH3 is 1. The third-order valence-corrected chi connectivity index (χ3v) is 4.84. The molecule has 0 saturated carbocycles. The summed E-state index contributed by atoms with van der Waals surface area (Å²) in [6, 6.07) is 12.2. The van der Waals surface area contributed by atoms with Crippen molar-refractivity contribution in [1.29, 1.82) is 0 Å². The number of carbonyl (C=O) groups excluding carboxylic acids is 1. The lowest BCUT2D eigenvalue weighted by molar-refractivity contribution is 0.180. The Labute approximate surface area is 153 Å². The van der Waals surface area contributed by atoms with Gasteiger partial charge in [-0.05, 0) is 48.1 Å².